The topological polar surface area (TPSA) is 80.3 Å². The maximum absolute atomic E-state index is 12.2. The molecule has 0 atom stereocenters. The molecule has 2 aromatic rings. The number of anilines is 2. The van der Waals surface area contributed by atoms with Gasteiger partial charge in [-0.1, -0.05) is 17.7 Å². The van der Waals surface area contributed by atoms with Crippen molar-refractivity contribution >= 4 is 35.0 Å². The van der Waals surface area contributed by atoms with Gasteiger partial charge in [-0.15, -0.1) is 0 Å². The first-order chi connectivity index (χ1) is 11.0. The average molecular weight is 334 g/mol. The van der Waals surface area contributed by atoms with Gasteiger partial charge in [0.1, 0.15) is 5.15 Å². The lowest BCUT2D eigenvalue weighted by atomic mass is 10.1. The molecular weight excluding hydrogens is 318 g/mol. The summed E-state index contributed by atoms with van der Waals surface area (Å²) in [7, 11) is 0. The number of aromatic nitrogens is 1. The summed E-state index contributed by atoms with van der Waals surface area (Å²) in [6, 6.07) is 8.33. The Morgan fingerprint density at radius 3 is 2.48 bits per heavy atom. The van der Waals surface area contributed by atoms with E-state index in [-0.39, 0.29) is 12.5 Å². The fourth-order valence-electron chi connectivity index (χ4n) is 1.89. The Hall–Kier alpha value is -2.60. The van der Waals surface area contributed by atoms with Gasteiger partial charge in [-0.25, -0.2) is 9.78 Å². The molecule has 2 N–H and O–H groups in total. The van der Waals surface area contributed by atoms with Crippen LogP contribution in [0.15, 0.2) is 36.5 Å². The Balaban J connectivity index is 2.15. The maximum Gasteiger partial charge on any atom is 0.411 e. The second-order valence-electron chi connectivity index (χ2n) is 4.65. The van der Waals surface area contributed by atoms with E-state index in [2.05, 4.69) is 15.6 Å². The highest BCUT2D eigenvalue weighted by Crippen LogP contribution is 2.24. The van der Waals surface area contributed by atoms with E-state index in [0.717, 1.165) is 5.56 Å². The number of rotatable bonds is 4. The average Bonchev–Trinajstić information content (AvgIpc) is 2.52. The van der Waals surface area contributed by atoms with E-state index in [1.54, 1.807) is 44.2 Å². The minimum Gasteiger partial charge on any atom is -0.450 e. The minimum absolute atomic E-state index is 0.283. The molecular formula is C16H16ClN3O3. The van der Waals surface area contributed by atoms with Crippen molar-refractivity contribution in [3.63, 3.8) is 0 Å². The number of halogens is 1. The monoisotopic (exact) mass is 333 g/mol. The smallest absolute Gasteiger partial charge is 0.411 e. The molecule has 0 aliphatic carbocycles. The molecule has 0 saturated heterocycles. The first-order valence-corrected chi connectivity index (χ1v) is 7.35. The second-order valence-corrected chi connectivity index (χ2v) is 5.03. The second kappa shape index (κ2) is 7.60. The van der Waals surface area contributed by atoms with Crippen molar-refractivity contribution in [1.82, 2.24) is 4.98 Å². The first kappa shape index (κ1) is 16.8. The van der Waals surface area contributed by atoms with E-state index in [1.807, 2.05) is 0 Å². The summed E-state index contributed by atoms with van der Waals surface area (Å²) in [5.41, 5.74) is 2.25. The lowest BCUT2D eigenvalue weighted by Gasteiger charge is -2.13. The molecule has 1 aromatic carbocycles. The van der Waals surface area contributed by atoms with Crippen LogP contribution in [0, 0.1) is 6.92 Å². The predicted octanol–water partition coefficient (Wildman–Crippen LogP) is 3.86. The molecule has 0 unspecified atom stereocenters. The molecule has 0 aliphatic heterocycles. The first-order valence-electron chi connectivity index (χ1n) is 6.97. The Morgan fingerprint density at radius 2 is 1.87 bits per heavy atom. The number of carbonyl (C=O) groups excluding carboxylic acids is 2. The molecule has 23 heavy (non-hydrogen) atoms. The van der Waals surface area contributed by atoms with E-state index in [9.17, 15) is 9.59 Å². The van der Waals surface area contributed by atoms with Crippen molar-refractivity contribution < 1.29 is 14.3 Å². The lowest BCUT2D eigenvalue weighted by Crippen LogP contribution is -2.16. The molecule has 2 rings (SSSR count). The van der Waals surface area contributed by atoms with Gasteiger partial charge in [0.15, 0.2) is 0 Å². The highest BCUT2D eigenvalue weighted by Gasteiger charge is 2.11. The number of pyridine rings is 1. The summed E-state index contributed by atoms with van der Waals surface area (Å²) >= 11 is 5.70. The van der Waals surface area contributed by atoms with E-state index in [1.165, 1.54) is 6.20 Å². The van der Waals surface area contributed by atoms with Gasteiger partial charge >= 0.3 is 6.09 Å². The number of hydrogen-bond acceptors (Lipinski definition) is 4. The highest BCUT2D eigenvalue weighted by atomic mass is 35.5. The summed E-state index contributed by atoms with van der Waals surface area (Å²) in [6.07, 6.45) is 0.856. The summed E-state index contributed by atoms with van der Waals surface area (Å²) in [5, 5.41) is 5.73. The Morgan fingerprint density at radius 1 is 1.17 bits per heavy atom. The standard InChI is InChI=1S/C16H16ClN3O3/c1-3-23-16(22)20-13-6-4-5-12(10(13)2)19-15(21)11-7-8-14(17)18-9-11/h4-9H,3H2,1-2H3,(H,19,21)(H,20,22). The number of amides is 2. The van der Waals surface area contributed by atoms with Crippen molar-refractivity contribution in [1.29, 1.82) is 0 Å². The van der Waals surface area contributed by atoms with Gasteiger partial charge in [0.05, 0.1) is 12.2 Å². The minimum atomic E-state index is -0.541. The normalized spacial score (nSPS) is 10.0. The third-order valence-corrected chi connectivity index (χ3v) is 3.31. The molecule has 0 radical (unpaired) electrons. The largest absolute Gasteiger partial charge is 0.450 e. The summed E-state index contributed by atoms with van der Waals surface area (Å²) in [4.78, 5) is 27.6. The van der Waals surface area contributed by atoms with Gasteiger partial charge in [-0.3, -0.25) is 10.1 Å². The van der Waals surface area contributed by atoms with Gasteiger partial charge in [0.25, 0.3) is 5.91 Å². The van der Waals surface area contributed by atoms with Gasteiger partial charge < -0.3 is 10.1 Å². The van der Waals surface area contributed by atoms with Crippen molar-refractivity contribution in [2.24, 2.45) is 0 Å². The number of benzene rings is 1. The van der Waals surface area contributed by atoms with Crippen molar-refractivity contribution in [2.75, 3.05) is 17.2 Å². The molecule has 0 aliphatic rings. The van der Waals surface area contributed by atoms with Crippen LogP contribution in [0.3, 0.4) is 0 Å². The molecule has 0 saturated carbocycles. The summed E-state index contributed by atoms with van der Waals surface area (Å²) in [6.45, 7) is 3.80. The van der Waals surface area contributed by atoms with E-state index >= 15 is 0 Å². The zero-order valence-corrected chi connectivity index (χ0v) is 13.5. The number of nitrogens with zero attached hydrogens (tertiary/aromatic N) is 1. The van der Waals surface area contributed by atoms with Gasteiger partial charge in [0, 0.05) is 17.6 Å². The SMILES string of the molecule is CCOC(=O)Nc1cccc(NC(=O)c2ccc(Cl)nc2)c1C. The number of nitrogens with one attached hydrogen (secondary N) is 2. The highest BCUT2D eigenvalue weighted by molar-refractivity contribution is 6.29. The van der Waals surface area contributed by atoms with Crippen LogP contribution >= 0.6 is 11.6 Å². The fraction of sp³-hybridized carbons (Fsp3) is 0.188. The van der Waals surface area contributed by atoms with Crippen LogP contribution in [-0.4, -0.2) is 23.6 Å². The Bertz CT molecular complexity index is 717. The summed E-state index contributed by atoms with van der Waals surface area (Å²) in [5.74, 6) is -0.314. The maximum atomic E-state index is 12.2. The third-order valence-electron chi connectivity index (χ3n) is 3.08. The quantitative estimate of drug-likeness (QED) is 0.832. The Kier molecular flexibility index (Phi) is 5.54. The van der Waals surface area contributed by atoms with Crippen molar-refractivity contribution in [3.8, 4) is 0 Å². The lowest BCUT2D eigenvalue weighted by molar-refractivity contribution is 0.102. The zero-order chi connectivity index (χ0) is 16.8. The van der Waals surface area contributed by atoms with Gasteiger partial charge in [-0.2, -0.15) is 0 Å². The fourth-order valence-corrected chi connectivity index (χ4v) is 2.00. The van der Waals surface area contributed by atoms with Crippen molar-refractivity contribution in [2.45, 2.75) is 13.8 Å². The number of ether oxygens (including phenoxy) is 1. The molecule has 0 bridgehead atoms. The van der Waals surface area contributed by atoms with Crippen LogP contribution in [0.4, 0.5) is 16.2 Å². The van der Waals surface area contributed by atoms with Gasteiger partial charge in [-0.05, 0) is 43.7 Å². The molecule has 2 amide bonds. The molecule has 1 aromatic heterocycles. The predicted molar refractivity (Wildman–Crippen MR) is 89.0 cm³/mol. The van der Waals surface area contributed by atoms with Crippen LogP contribution in [0.1, 0.15) is 22.8 Å². The Labute approximate surface area is 138 Å². The molecule has 6 nitrogen and oxygen atoms in total. The van der Waals surface area contributed by atoms with Crippen LogP contribution in [0.25, 0.3) is 0 Å². The molecule has 0 spiro atoms. The molecule has 7 heteroatoms. The molecule has 120 valence electrons. The van der Waals surface area contributed by atoms with E-state index < -0.39 is 6.09 Å². The van der Waals surface area contributed by atoms with Crippen LogP contribution in [-0.2, 0) is 4.74 Å². The third kappa shape index (κ3) is 4.43. The van der Waals surface area contributed by atoms with Gasteiger partial charge in [0.2, 0.25) is 0 Å². The zero-order valence-electron chi connectivity index (χ0n) is 12.7. The summed E-state index contributed by atoms with van der Waals surface area (Å²) < 4.78 is 4.84. The molecule has 1 heterocycles. The number of carbonyl (C=O) groups is 2. The van der Waals surface area contributed by atoms with Crippen LogP contribution in [0.5, 0.6) is 0 Å². The number of hydrogen-bond donors (Lipinski definition) is 2. The molecule has 0 fully saturated rings. The van der Waals surface area contributed by atoms with Crippen molar-refractivity contribution in [3.05, 3.63) is 52.8 Å². The van der Waals surface area contributed by atoms with E-state index in [0.29, 0.717) is 22.1 Å². The van der Waals surface area contributed by atoms with Crippen LogP contribution < -0.4 is 10.6 Å². The van der Waals surface area contributed by atoms with Crippen LogP contribution in [0.2, 0.25) is 5.15 Å². The van der Waals surface area contributed by atoms with E-state index in [4.69, 9.17) is 16.3 Å².